The van der Waals surface area contributed by atoms with E-state index in [2.05, 4.69) is 57.7 Å². The summed E-state index contributed by atoms with van der Waals surface area (Å²) in [6.45, 7) is 5.39. The quantitative estimate of drug-likeness (QED) is 0.810. The summed E-state index contributed by atoms with van der Waals surface area (Å²) in [4.78, 5) is 1.38. The van der Waals surface area contributed by atoms with Crippen LogP contribution in [0.3, 0.4) is 0 Å². The standard InChI is InChI=1S/C15H22BrN3S/c1-4-6-17-14(15-7-11(16)10-20-15)9-13-8-12(5-2)18-19(13)3/h7-8,10,14,17H,4-6,9H2,1-3H3. The van der Waals surface area contributed by atoms with Gasteiger partial charge in [0.05, 0.1) is 5.69 Å². The SMILES string of the molecule is CCCNC(Cc1cc(CC)nn1C)c1cc(Br)cs1. The van der Waals surface area contributed by atoms with Gasteiger partial charge < -0.3 is 5.32 Å². The lowest BCUT2D eigenvalue weighted by molar-refractivity contribution is 0.518. The van der Waals surface area contributed by atoms with Crippen LogP contribution in [0.2, 0.25) is 0 Å². The van der Waals surface area contributed by atoms with Gasteiger partial charge in [0.15, 0.2) is 0 Å². The van der Waals surface area contributed by atoms with Gasteiger partial charge in [-0.1, -0.05) is 13.8 Å². The summed E-state index contributed by atoms with van der Waals surface area (Å²) in [6, 6.07) is 4.81. The normalized spacial score (nSPS) is 12.8. The Morgan fingerprint density at radius 2 is 2.20 bits per heavy atom. The van der Waals surface area contributed by atoms with Crippen molar-refractivity contribution in [3.63, 3.8) is 0 Å². The number of aryl methyl sites for hydroxylation is 2. The van der Waals surface area contributed by atoms with Crippen molar-refractivity contribution in [1.82, 2.24) is 15.1 Å². The van der Waals surface area contributed by atoms with Gasteiger partial charge in [0, 0.05) is 39.9 Å². The number of nitrogens with one attached hydrogen (secondary N) is 1. The summed E-state index contributed by atoms with van der Waals surface area (Å²) in [5.74, 6) is 0. The highest BCUT2D eigenvalue weighted by Gasteiger charge is 2.16. The molecule has 2 aromatic heterocycles. The molecule has 2 rings (SSSR count). The Morgan fingerprint density at radius 3 is 2.75 bits per heavy atom. The van der Waals surface area contributed by atoms with Gasteiger partial charge >= 0.3 is 0 Å². The summed E-state index contributed by atoms with van der Waals surface area (Å²) in [5.41, 5.74) is 2.46. The molecule has 110 valence electrons. The summed E-state index contributed by atoms with van der Waals surface area (Å²) in [5, 5.41) is 10.3. The van der Waals surface area contributed by atoms with E-state index < -0.39 is 0 Å². The van der Waals surface area contributed by atoms with E-state index in [1.54, 1.807) is 11.3 Å². The minimum absolute atomic E-state index is 0.367. The van der Waals surface area contributed by atoms with Crippen molar-refractivity contribution in [2.75, 3.05) is 6.54 Å². The molecule has 0 fully saturated rings. The largest absolute Gasteiger partial charge is 0.309 e. The molecular weight excluding hydrogens is 334 g/mol. The molecule has 5 heteroatoms. The molecule has 0 aliphatic carbocycles. The molecule has 1 atom stereocenters. The molecule has 0 amide bonds. The average molecular weight is 356 g/mol. The Bertz CT molecular complexity index is 547. The van der Waals surface area contributed by atoms with Crippen LogP contribution < -0.4 is 5.32 Å². The maximum absolute atomic E-state index is 4.54. The molecule has 1 unspecified atom stereocenters. The molecular formula is C15H22BrN3S. The van der Waals surface area contributed by atoms with E-state index in [1.165, 1.54) is 20.7 Å². The highest BCUT2D eigenvalue weighted by atomic mass is 79.9. The molecule has 0 radical (unpaired) electrons. The second kappa shape index (κ2) is 7.38. The average Bonchev–Trinajstić information content (AvgIpc) is 3.01. The number of thiophene rings is 1. The van der Waals surface area contributed by atoms with Gasteiger partial charge in [0.25, 0.3) is 0 Å². The van der Waals surface area contributed by atoms with Crippen LogP contribution in [0, 0.1) is 0 Å². The Morgan fingerprint density at radius 1 is 1.40 bits per heavy atom. The Labute approximate surface area is 133 Å². The van der Waals surface area contributed by atoms with Crippen LogP contribution in [-0.4, -0.2) is 16.3 Å². The van der Waals surface area contributed by atoms with Gasteiger partial charge in [-0.2, -0.15) is 5.10 Å². The van der Waals surface area contributed by atoms with Crippen LogP contribution >= 0.6 is 27.3 Å². The molecule has 0 aliphatic rings. The van der Waals surface area contributed by atoms with Crippen molar-refractivity contribution < 1.29 is 0 Å². The number of hydrogen-bond acceptors (Lipinski definition) is 3. The van der Waals surface area contributed by atoms with Gasteiger partial charge in [-0.25, -0.2) is 0 Å². The minimum atomic E-state index is 0.367. The van der Waals surface area contributed by atoms with E-state index >= 15 is 0 Å². The molecule has 0 bridgehead atoms. The fourth-order valence-corrected chi connectivity index (χ4v) is 3.77. The fourth-order valence-electron chi connectivity index (χ4n) is 2.25. The van der Waals surface area contributed by atoms with Gasteiger partial charge in [0.1, 0.15) is 0 Å². The van der Waals surface area contributed by atoms with Crippen molar-refractivity contribution in [2.24, 2.45) is 7.05 Å². The monoisotopic (exact) mass is 355 g/mol. The van der Waals surface area contributed by atoms with Crippen LogP contribution in [-0.2, 0) is 19.9 Å². The van der Waals surface area contributed by atoms with Crippen LogP contribution in [0.1, 0.15) is 42.6 Å². The smallest absolute Gasteiger partial charge is 0.0624 e. The maximum atomic E-state index is 4.54. The second-order valence-electron chi connectivity index (χ2n) is 4.98. The number of halogens is 1. The van der Waals surface area contributed by atoms with E-state index in [4.69, 9.17) is 0 Å². The van der Waals surface area contributed by atoms with Crippen molar-refractivity contribution in [3.8, 4) is 0 Å². The first kappa shape index (κ1) is 15.7. The van der Waals surface area contributed by atoms with E-state index in [0.29, 0.717) is 6.04 Å². The fraction of sp³-hybridized carbons (Fsp3) is 0.533. The number of nitrogens with zero attached hydrogens (tertiary/aromatic N) is 2. The van der Waals surface area contributed by atoms with E-state index in [-0.39, 0.29) is 0 Å². The number of rotatable bonds is 7. The minimum Gasteiger partial charge on any atom is -0.309 e. The Balaban J connectivity index is 2.16. The molecule has 2 aromatic rings. The Kier molecular flexibility index (Phi) is 5.81. The van der Waals surface area contributed by atoms with Gasteiger partial charge in [0.2, 0.25) is 0 Å². The topological polar surface area (TPSA) is 29.9 Å². The highest BCUT2D eigenvalue weighted by Crippen LogP contribution is 2.28. The van der Waals surface area contributed by atoms with Crippen molar-refractivity contribution >= 4 is 27.3 Å². The first-order valence-electron chi connectivity index (χ1n) is 7.13. The summed E-state index contributed by atoms with van der Waals surface area (Å²) in [7, 11) is 2.04. The zero-order valence-corrected chi connectivity index (χ0v) is 14.7. The summed E-state index contributed by atoms with van der Waals surface area (Å²) >= 11 is 5.36. The van der Waals surface area contributed by atoms with Crippen molar-refractivity contribution in [3.05, 3.63) is 38.3 Å². The highest BCUT2D eigenvalue weighted by molar-refractivity contribution is 9.10. The molecule has 3 nitrogen and oxygen atoms in total. The predicted octanol–water partition coefficient (Wildman–Crippen LogP) is 4.09. The second-order valence-corrected chi connectivity index (χ2v) is 6.84. The zero-order valence-electron chi connectivity index (χ0n) is 12.3. The molecule has 1 N–H and O–H groups in total. The maximum Gasteiger partial charge on any atom is 0.0624 e. The van der Waals surface area contributed by atoms with Gasteiger partial charge in [-0.3, -0.25) is 4.68 Å². The third-order valence-corrected chi connectivity index (χ3v) is 5.18. The zero-order chi connectivity index (χ0) is 14.5. The van der Waals surface area contributed by atoms with E-state index in [0.717, 1.165) is 25.8 Å². The molecule has 0 saturated carbocycles. The predicted molar refractivity (Wildman–Crippen MR) is 89.3 cm³/mol. The molecule has 0 spiro atoms. The van der Waals surface area contributed by atoms with Crippen molar-refractivity contribution in [1.29, 1.82) is 0 Å². The van der Waals surface area contributed by atoms with Crippen LogP contribution in [0.5, 0.6) is 0 Å². The Hall–Kier alpha value is -0.650. The molecule has 0 saturated heterocycles. The van der Waals surface area contributed by atoms with Crippen LogP contribution in [0.25, 0.3) is 0 Å². The lowest BCUT2D eigenvalue weighted by atomic mass is 10.1. The van der Waals surface area contributed by atoms with Gasteiger partial charge in [-0.15, -0.1) is 11.3 Å². The number of hydrogen-bond donors (Lipinski definition) is 1. The third kappa shape index (κ3) is 3.93. The molecule has 20 heavy (non-hydrogen) atoms. The van der Waals surface area contributed by atoms with Crippen LogP contribution in [0.15, 0.2) is 22.0 Å². The number of aromatic nitrogens is 2. The van der Waals surface area contributed by atoms with Gasteiger partial charge in [-0.05, 0) is 47.4 Å². The summed E-state index contributed by atoms with van der Waals surface area (Å²) in [6.07, 6.45) is 3.12. The first-order chi connectivity index (χ1) is 9.63. The van der Waals surface area contributed by atoms with E-state index in [9.17, 15) is 0 Å². The van der Waals surface area contributed by atoms with Crippen molar-refractivity contribution in [2.45, 2.75) is 39.2 Å². The summed E-state index contributed by atoms with van der Waals surface area (Å²) < 4.78 is 3.18. The van der Waals surface area contributed by atoms with Crippen LogP contribution in [0.4, 0.5) is 0 Å². The lowest BCUT2D eigenvalue weighted by Gasteiger charge is -2.17. The lowest BCUT2D eigenvalue weighted by Crippen LogP contribution is -2.24. The van der Waals surface area contributed by atoms with E-state index in [1.807, 2.05) is 11.7 Å². The molecule has 0 aromatic carbocycles. The molecule has 0 aliphatic heterocycles. The third-order valence-electron chi connectivity index (χ3n) is 3.37. The first-order valence-corrected chi connectivity index (χ1v) is 8.80. The molecule has 2 heterocycles.